The van der Waals surface area contributed by atoms with E-state index < -0.39 is 0 Å². The topological polar surface area (TPSA) is 92.2 Å². The van der Waals surface area contributed by atoms with E-state index in [1.165, 1.54) is 0 Å². The van der Waals surface area contributed by atoms with Gasteiger partial charge in [0.25, 0.3) is 5.56 Å². The van der Waals surface area contributed by atoms with Gasteiger partial charge in [-0.2, -0.15) is 0 Å². The summed E-state index contributed by atoms with van der Waals surface area (Å²) in [6, 6.07) is 7.37. The lowest BCUT2D eigenvalue weighted by Gasteiger charge is -2.38. The van der Waals surface area contributed by atoms with Gasteiger partial charge in [0.05, 0.1) is 12.1 Å². The van der Waals surface area contributed by atoms with Crippen molar-refractivity contribution in [1.82, 2.24) is 35.0 Å². The van der Waals surface area contributed by atoms with Crippen LogP contribution in [0.4, 0.5) is 0 Å². The Kier molecular flexibility index (Phi) is 6.30. The molecule has 1 fully saturated rings. The molecule has 32 heavy (non-hydrogen) atoms. The van der Waals surface area contributed by atoms with Crippen molar-refractivity contribution in [2.75, 3.05) is 39.8 Å². The van der Waals surface area contributed by atoms with Gasteiger partial charge in [-0.05, 0) is 68.9 Å². The van der Waals surface area contributed by atoms with Crippen LogP contribution in [0.1, 0.15) is 51.5 Å². The SMILES string of the molecule is CCOc1ccc2[nH]c(=O)c([C@@H](c3nnnn3C(C)(C)CC)N3CCN(C)CC3)cc2c1. The molecule has 3 aromatic rings. The lowest BCUT2D eigenvalue weighted by atomic mass is 9.99. The van der Waals surface area contributed by atoms with Gasteiger partial charge in [-0.15, -0.1) is 5.10 Å². The smallest absolute Gasteiger partial charge is 0.253 e. The van der Waals surface area contributed by atoms with Crippen molar-refractivity contribution < 1.29 is 4.74 Å². The molecule has 3 heterocycles. The summed E-state index contributed by atoms with van der Waals surface area (Å²) in [6.07, 6.45) is 0.867. The van der Waals surface area contributed by atoms with Gasteiger partial charge in [0.15, 0.2) is 5.82 Å². The third-order valence-electron chi connectivity index (χ3n) is 6.53. The molecule has 1 N–H and O–H groups in total. The Hall–Kier alpha value is -2.78. The Balaban J connectivity index is 1.87. The molecule has 0 amide bonds. The van der Waals surface area contributed by atoms with E-state index in [1.807, 2.05) is 35.9 Å². The summed E-state index contributed by atoms with van der Waals surface area (Å²) >= 11 is 0. The molecule has 0 aliphatic carbocycles. The minimum absolute atomic E-state index is 0.116. The monoisotopic (exact) mass is 439 g/mol. The van der Waals surface area contributed by atoms with Crippen molar-refractivity contribution in [3.05, 3.63) is 46.0 Å². The number of likely N-dealkylation sites (N-methyl/N-ethyl adjacent to an activating group) is 1. The Morgan fingerprint density at radius 1 is 1.16 bits per heavy atom. The molecule has 4 rings (SSSR count). The van der Waals surface area contributed by atoms with E-state index in [4.69, 9.17) is 4.74 Å². The number of aromatic amines is 1. The number of ether oxygens (including phenoxy) is 1. The summed E-state index contributed by atoms with van der Waals surface area (Å²) in [5.74, 6) is 1.48. The number of hydrogen-bond acceptors (Lipinski definition) is 7. The number of nitrogens with zero attached hydrogens (tertiary/aromatic N) is 6. The zero-order chi connectivity index (χ0) is 22.9. The predicted octanol–water partition coefficient (Wildman–Crippen LogP) is 2.40. The molecule has 1 aliphatic heterocycles. The van der Waals surface area contributed by atoms with Crippen molar-refractivity contribution in [3.63, 3.8) is 0 Å². The molecular weight excluding hydrogens is 406 g/mol. The Morgan fingerprint density at radius 2 is 1.91 bits per heavy atom. The first-order chi connectivity index (χ1) is 15.3. The van der Waals surface area contributed by atoms with Crippen LogP contribution in [-0.4, -0.2) is 74.8 Å². The van der Waals surface area contributed by atoms with Gasteiger partial charge in [-0.1, -0.05) is 6.92 Å². The van der Waals surface area contributed by atoms with Crippen LogP contribution in [0.5, 0.6) is 5.75 Å². The summed E-state index contributed by atoms with van der Waals surface area (Å²) in [4.78, 5) is 21.0. The Morgan fingerprint density at radius 3 is 2.59 bits per heavy atom. The van der Waals surface area contributed by atoms with E-state index in [0.717, 1.165) is 49.3 Å². The number of H-pyrrole nitrogens is 1. The van der Waals surface area contributed by atoms with Gasteiger partial charge in [0, 0.05) is 42.6 Å². The van der Waals surface area contributed by atoms with Crippen molar-refractivity contribution in [2.45, 2.75) is 45.7 Å². The lowest BCUT2D eigenvalue weighted by Crippen LogP contribution is -2.48. The van der Waals surface area contributed by atoms with Crippen molar-refractivity contribution >= 4 is 10.9 Å². The number of piperazine rings is 1. The number of aromatic nitrogens is 5. The zero-order valence-electron chi connectivity index (χ0n) is 19.6. The van der Waals surface area contributed by atoms with Crippen LogP contribution >= 0.6 is 0 Å². The molecule has 172 valence electrons. The summed E-state index contributed by atoms with van der Waals surface area (Å²) in [6.45, 7) is 12.4. The van der Waals surface area contributed by atoms with Gasteiger partial charge in [0.1, 0.15) is 11.8 Å². The molecule has 0 bridgehead atoms. The highest BCUT2D eigenvalue weighted by molar-refractivity contribution is 5.80. The minimum atomic E-state index is -0.339. The number of benzene rings is 1. The number of pyridine rings is 1. The molecule has 0 spiro atoms. The Labute approximate surface area is 188 Å². The van der Waals surface area contributed by atoms with Gasteiger partial charge in [-0.3, -0.25) is 9.69 Å². The molecule has 0 saturated carbocycles. The molecule has 9 nitrogen and oxygen atoms in total. The number of nitrogens with one attached hydrogen (secondary N) is 1. The third-order valence-corrected chi connectivity index (χ3v) is 6.53. The highest BCUT2D eigenvalue weighted by Gasteiger charge is 2.35. The second-order valence-corrected chi connectivity index (χ2v) is 9.09. The lowest BCUT2D eigenvalue weighted by molar-refractivity contribution is 0.117. The predicted molar refractivity (Wildman–Crippen MR) is 124 cm³/mol. The Bertz CT molecular complexity index is 1130. The minimum Gasteiger partial charge on any atom is -0.494 e. The van der Waals surface area contributed by atoms with E-state index in [2.05, 4.69) is 58.1 Å². The highest BCUT2D eigenvalue weighted by Crippen LogP contribution is 2.31. The van der Waals surface area contributed by atoms with Gasteiger partial charge in [-0.25, -0.2) is 4.68 Å². The van der Waals surface area contributed by atoms with Crippen molar-refractivity contribution in [3.8, 4) is 5.75 Å². The van der Waals surface area contributed by atoms with Gasteiger partial charge in [0.2, 0.25) is 0 Å². The second kappa shape index (κ2) is 8.99. The molecule has 1 saturated heterocycles. The van der Waals surface area contributed by atoms with Crippen LogP contribution in [-0.2, 0) is 5.54 Å². The number of tetrazole rings is 1. The normalized spacial score (nSPS) is 17.0. The standard InChI is InChI=1S/C23H33N7O2/c1-6-23(3,4)30-21(25-26-27-30)20(29-12-10-28(5)11-13-29)18-15-16-14-17(32-7-2)8-9-19(16)24-22(18)31/h8-9,14-15,20H,6-7,10-13H2,1-5H3,(H,24,31)/t20-/m0/s1. The van der Waals surface area contributed by atoms with Crippen molar-refractivity contribution in [1.29, 1.82) is 0 Å². The molecule has 0 radical (unpaired) electrons. The maximum Gasteiger partial charge on any atom is 0.253 e. The number of hydrogen-bond donors (Lipinski definition) is 1. The molecule has 1 aromatic carbocycles. The van der Waals surface area contributed by atoms with Crippen LogP contribution in [0, 0.1) is 0 Å². The fourth-order valence-corrected chi connectivity index (χ4v) is 4.19. The molecule has 0 unspecified atom stereocenters. The van der Waals surface area contributed by atoms with E-state index in [9.17, 15) is 4.79 Å². The van der Waals surface area contributed by atoms with Gasteiger partial charge < -0.3 is 14.6 Å². The maximum atomic E-state index is 13.3. The molecule has 2 aromatic heterocycles. The molecular formula is C23H33N7O2. The van der Waals surface area contributed by atoms with Crippen LogP contribution in [0.3, 0.4) is 0 Å². The largest absolute Gasteiger partial charge is 0.494 e. The molecule has 1 atom stereocenters. The maximum absolute atomic E-state index is 13.3. The van der Waals surface area contributed by atoms with Gasteiger partial charge >= 0.3 is 0 Å². The third kappa shape index (κ3) is 4.27. The van der Waals surface area contributed by atoms with E-state index in [0.29, 0.717) is 18.0 Å². The van der Waals surface area contributed by atoms with E-state index in [-0.39, 0.29) is 17.1 Å². The highest BCUT2D eigenvalue weighted by atomic mass is 16.5. The molecule has 9 heteroatoms. The number of fused-ring (bicyclic) bond motifs is 1. The average molecular weight is 440 g/mol. The fraction of sp³-hybridized carbons (Fsp3) is 0.565. The summed E-state index contributed by atoms with van der Waals surface area (Å²) < 4.78 is 7.56. The quantitative estimate of drug-likeness (QED) is 0.604. The second-order valence-electron chi connectivity index (χ2n) is 9.09. The average Bonchev–Trinajstić information content (AvgIpc) is 3.26. The van der Waals surface area contributed by atoms with Crippen LogP contribution < -0.4 is 10.3 Å². The number of rotatable bonds is 7. The first-order valence-corrected chi connectivity index (χ1v) is 11.3. The summed E-state index contributed by atoms with van der Waals surface area (Å²) in [5.41, 5.74) is 1.05. The van der Waals surface area contributed by atoms with E-state index >= 15 is 0 Å². The van der Waals surface area contributed by atoms with Crippen LogP contribution in [0.25, 0.3) is 10.9 Å². The first-order valence-electron chi connectivity index (χ1n) is 11.3. The zero-order valence-corrected chi connectivity index (χ0v) is 19.6. The fourth-order valence-electron chi connectivity index (χ4n) is 4.19. The first kappa shape index (κ1) is 22.4. The van der Waals surface area contributed by atoms with Crippen LogP contribution in [0.2, 0.25) is 0 Å². The summed E-state index contributed by atoms with van der Waals surface area (Å²) in [7, 11) is 2.12. The van der Waals surface area contributed by atoms with Crippen LogP contribution in [0.15, 0.2) is 29.1 Å². The molecule has 1 aliphatic rings. The summed E-state index contributed by atoms with van der Waals surface area (Å²) in [5, 5.41) is 13.7. The van der Waals surface area contributed by atoms with Crippen molar-refractivity contribution in [2.24, 2.45) is 0 Å². The van der Waals surface area contributed by atoms with E-state index in [1.54, 1.807) is 0 Å².